The van der Waals surface area contributed by atoms with Crippen LogP contribution in [0.5, 0.6) is 0 Å². The number of benzene rings is 4. The Morgan fingerprint density at radius 3 is 1.40 bits per heavy atom. The fourth-order valence-corrected chi connectivity index (χ4v) is 3.20. The Morgan fingerprint density at radius 1 is 0.520 bits per heavy atom. The molecule has 0 saturated heterocycles. The molecule has 2 N–H and O–H groups in total. The molecule has 120 valence electrons. The van der Waals surface area contributed by atoms with Crippen molar-refractivity contribution < 1.29 is 14.6 Å². The molecule has 0 atom stereocenters. The van der Waals surface area contributed by atoms with E-state index in [0.29, 0.717) is 10.9 Å². The summed E-state index contributed by atoms with van der Waals surface area (Å²) in [5.41, 5.74) is 1.27. The molecule has 0 fully saturated rings. The van der Waals surface area contributed by atoms with Crippen LogP contribution in [0.15, 0.2) is 84.9 Å². The number of hydrogen-bond acceptors (Lipinski definition) is 3. The van der Waals surface area contributed by atoms with E-state index in [1.54, 1.807) is 0 Å². The van der Waals surface area contributed by atoms with Crippen molar-refractivity contribution in [1.29, 1.82) is 0 Å². The molecule has 0 aromatic heterocycles. The summed E-state index contributed by atoms with van der Waals surface area (Å²) in [7, 11) is -2.44. The normalized spacial score (nSPS) is 11.0. The standard InChI is InChI=1S/C20H16B2O3/c23-21(19-13-5-9-15-7-1-3-11-17(15)19)25-22(24)20-14-6-10-16-8-2-4-12-18(16)20/h1-14,23-24H. The highest BCUT2D eigenvalue weighted by Crippen LogP contribution is 2.13. The first-order valence-electron chi connectivity index (χ1n) is 8.21. The van der Waals surface area contributed by atoms with Crippen molar-refractivity contribution in [3.05, 3.63) is 84.9 Å². The average Bonchev–Trinajstić information content (AvgIpc) is 2.67. The molecule has 0 bridgehead atoms. The molecule has 4 rings (SSSR count). The Morgan fingerprint density at radius 2 is 0.920 bits per heavy atom. The summed E-state index contributed by atoms with van der Waals surface area (Å²) in [5.74, 6) is 0. The van der Waals surface area contributed by atoms with E-state index >= 15 is 0 Å². The van der Waals surface area contributed by atoms with E-state index in [1.165, 1.54) is 0 Å². The predicted octanol–water partition coefficient (Wildman–Crippen LogP) is 2.08. The van der Waals surface area contributed by atoms with Crippen molar-refractivity contribution in [3.8, 4) is 0 Å². The van der Waals surface area contributed by atoms with E-state index in [-0.39, 0.29) is 0 Å². The predicted molar refractivity (Wildman–Crippen MR) is 104 cm³/mol. The number of rotatable bonds is 4. The topological polar surface area (TPSA) is 49.7 Å². The molecule has 5 heteroatoms. The minimum atomic E-state index is -1.22. The van der Waals surface area contributed by atoms with Crippen molar-refractivity contribution in [2.45, 2.75) is 0 Å². The van der Waals surface area contributed by atoms with E-state index in [9.17, 15) is 10.0 Å². The van der Waals surface area contributed by atoms with Crippen LogP contribution < -0.4 is 10.9 Å². The van der Waals surface area contributed by atoms with E-state index in [0.717, 1.165) is 21.5 Å². The lowest BCUT2D eigenvalue weighted by molar-refractivity contribution is 0.379. The summed E-state index contributed by atoms with van der Waals surface area (Å²) in [4.78, 5) is 0. The van der Waals surface area contributed by atoms with Gasteiger partial charge in [-0.3, -0.25) is 0 Å². The van der Waals surface area contributed by atoms with Gasteiger partial charge in [-0.05, 0) is 32.5 Å². The van der Waals surface area contributed by atoms with Crippen molar-refractivity contribution in [2.75, 3.05) is 0 Å². The van der Waals surface area contributed by atoms with E-state index in [2.05, 4.69) is 0 Å². The minimum absolute atomic E-state index is 0.636. The first-order chi connectivity index (χ1) is 12.2. The average molecular weight is 326 g/mol. The number of fused-ring (bicyclic) bond motifs is 2. The second kappa shape index (κ2) is 6.73. The maximum absolute atomic E-state index is 10.5. The van der Waals surface area contributed by atoms with Gasteiger partial charge in [0.1, 0.15) is 0 Å². The third kappa shape index (κ3) is 3.05. The monoisotopic (exact) mass is 326 g/mol. The zero-order chi connectivity index (χ0) is 17.2. The first-order valence-corrected chi connectivity index (χ1v) is 8.21. The molecule has 0 unspecified atom stereocenters. The molecule has 0 spiro atoms. The maximum atomic E-state index is 10.5. The van der Waals surface area contributed by atoms with Crippen molar-refractivity contribution in [3.63, 3.8) is 0 Å². The lowest BCUT2D eigenvalue weighted by Crippen LogP contribution is -2.45. The van der Waals surface area contributed by atoms with Gasteiger partial charge in [-0.15, -0.1) is 0 Å². The van der Waals surface area contributed by atoms with Gasteiger partial charge in [0.05, 0.1) is 0 Å². The van der Waals surface area contributed by atoms with Crippen molar-refractivity contribution in [2.24, 2.45) is 0 Å². The Hall–Kier alpha value is -2.59. The zero-order valence-corrected chi connectivity index (χ0v) is 13.5. The highest BCUT2D eigenvalue weighted by Gasteiger charge is 2.28. The highest BCUT2D eigenvalue weighted by molar-refractivity contribution is 6.75. The van der Waals surface area contributed by atoms with E-state index < -0.39 is 14.2 Å². The fraction of sp³-hybridized carbons (Fsp3) is 0. The van der Waals surface area contributed by atoms with Crippen LogP contribution in [0.4, 0.5) is 0 Å². The summed E-state index contributed by atoms with van der Waals surface area (Å²) in [6.45, 7) is 0. The van der Waals surface area contributed by atoms with E-state index in [4.69, 9.17) is 4.57 Å². The third-order valence-corrected chi connectivity index (χ3v) is 4.44. The molecule has 0 heterocycles. The first kappa shape index (κ1) is 15.9. The second-order valence-corrected chi connectivity index (χ2v) is 5.98. The van der Waals surface area contributed by atoms with Gasteiger partial charge < -0.3 is 14.6 Å². The molecule has 0 aliphatic rings. The molecular formula is C20H16B2O3. The zero-order valence-electron chi connectivity index (χ0n) is 13.5. The van der Waals surface area contributed by atoms with Crippen LogP contribution in [-0.4, -0.2) is 24.3 Å². The molecule has 0 aliphatic heterocycles. The van der Waals surface area contributed by atoms with Gasteiger partial charge >= 0.3 is 14.2 Å². The quantitative estimate of drug-likeness (QED) is 0.565. The number of hydrogen-bond donors (Lipinski definition) is 2. The van der Waals surface area contributed by atoms with Gasteiger partial charge in [0.25, 0.3) is 0 Å². The van der Waals surface area contributed by atoms with Crippen molar-refractivity contribution >= 4 is 46.7 Å². The summed E-state index contributed by atoms with van der Waals surface area (Å²) in [6, 6.07) is 26.9. The molecule has 0 saturated carbocycles. The summed E-state index contributed by atoms with van der Waals surface area (Å²) < 4.78 is 5.55. The molecule has 4 aromatic carbocycles. The van der Waals surface area contributed by atoms with Crippen LogP contribution in [0.1, 0.15) is 0 Å². The van der Waals surface area contributed by atoms with Crippen LogP contribution in [0.3, 0.4) is 0 Å². The van der Waals surface area contributed by atoms with Gasteiger partial charge in [0.2, 0.25) is 0 Å². The summed E-state index contributed by atoms with van der Waals surface area (Å²) >= 11 is 0. The summed E-state index contributed by atoms with van der Waals surface area (Å²) in [6.07, 6.45) is 0. The maximum Gasteiger partial charge on any atom is 0.478 e. The van der Waals surface area contributed by atoms with Crippen LogP contribution in [0.2, 0.25) is 0 Å². The Balaban J connectivity index is 1.66. The Kier molecular flexibility index (Phi) is 4.28. The smallest absolute Gasteiger partial charge is 0.443 e. The van der Waals surface area contributed by atoms with Crippen LogP contribution in [0.25, 0.3) is 21.5 Å². The van der Waals surface area contributed by atoms with Crippen LogP contribution >= 0.6 is 0 Å². The van der Waals surface area contributed by atoms with Crippen LogP contribution in [-0.2, 0) is 4.57 Å². The Labute approximate surface area is 146 Å². The molecular weight excluding hydrogens is 310 g/mol. The molecule has 3 nitrogen and oxygen atoms in total. The third-order valence-electron chi connectivity index (χ3n) is 4.44. The molecule has 0 aliphatic carbocycles. The second-order valence-electron chi connectivity index (χ2n) is 5.98. The molecule has 4 aromatic rings. The minimum Gasteiger partial charge on any atom is -0.443 e. The van der Waals surface area contributed by atoms with Gasteiger partial charge in [0.15, 0.2) is 0 Å². The van der Waals surface area contributed by atoms with Gasteiger partial charge in [-0.2, -0.15) is 0 Å². The Bertz CT molecular complexity index is 941. The highest BCUT2D eigenvalue weighted by atomic mass is 16.5. The van der Waals surface area contributed by atoms with Gasteiger partial charge in [-0.1, -0.05) is 84.9 Å². The fourth-order valence-electron chi connectivity index (χ4n) is 3.20. The lowest BCUT2D eigenvalue weighted by Gasteiger charge is -2.15. The molecule has 0 radical (unpaired) electrons. The van der Waals surface area contributed by atoms with Gasteiger partial charge in [-0.25, -0.2) is 0 Å². The molecule has 25 heavy (non-hydrogen) atoms. The van der Waals surface area contributed by atoms with E-state index in [1.807, 2.05) is 84.9 Å². The largest absolute Gasteiger partial charge is 0.478 e. The van der Waals surface area contributed by atoms with Crippen molar-refractivity contribution in [1.82, 2.24) is 0 Å². The lowest BCUT2D eigenvalue weighted by atomic mass is 9.69. The van der Waals surface area contributed by atoms with Gasteiger partial charge in [0, 0.05) is 0 Å². The molecule has 0 amide bonds. The summed E-state index contributed by atoms with van der Waals surface area (Å²) in [5, 5.41) is 24.9. The van der Waals surface area contributed by atoms with Crippen LogP contribution in [0, 0.1) is 0 Å². The SMILES string of the molecule is OB(OB(O)c1cccc2ccccc12)c1cccc2ccccc12.